The predicted octanol–water partition coefficient (Wildman–Crippen LogP) is 1.03. The average molecular weight is 175 g/mol. The zero-order valence-electron chi connectivity index (χ0n) is 4.39. The Hall–Kier alpha value is -0.150. The molecule has 44 valence electrons. The van der Waals surface area contributed by atoms with E-state index in [0.717, 1.165) is 16.6 Å². The lowest BCUT2D eigenvalue weighted by Gasteiger charge is -1.89. The summed E-state index contributed by atoms with van der Waals surface area (Å²) in [5, 5.41) is 0. The molecule has 0 aromatic rings. The van der Waals surface area contributed by atoms with Crippen molar-refractivity contribution < 1.29 is 0 Å². The molecule has 0 amide bonds. The molecule has 1 heterocycles. The van der Waals surface area contributed by atoms with Crippen molar-refractivity contribution in [1.82, 2.24) is 0 Å². The largest absolute Gasteiger partial charge is 0.325 e. The fourth-order valence-corrected chi connectivity index (χ4v) is 0.998. The lowest BCUT2D eigenvalue weighted by atomic mass is 10.3. The fraction of sp³-hybridized carbons (Fsp3) is 0.400. The van der Waals surface area contributed by atoms with Crippen LogP contribution in [0.5, 0.6) is 0 Å². The van der Waals surface area contributed by atoms with Crippen LogP contribution in [0, 0.1) is 0 Å². The van der Waals surface area contributed by atoms with Crippen LogP contribution in [-0.2, 0) is 0 Å². The minimum Gasteiger partial charge on any atom is -0.325 e. The fourth-order valence-electron chi connectivity index (χ4n) is 0.572. The standard InChI is InChI=1S/C5H7BrN2/c6-4-1-5(2-7)8-3-4/h3H,1-2,7H2. The maximum Gasteiger partial charge on any atom is 0.0373 e. The van der Waals surface area contributed by atoms with Crippen LogP contribution in [-0.4, -0.2) is 12.3 Å². The summed E-state index contributed by atoms with van der Waals surface area (Å²) >= 11 is 3.31. The third-order valence-electron chi connectivity index (χ3n) is 0.996. The van der Waals surface area contributed by atoms with Crippen LogP contribution >= 0.6 is 15.9 Å². The highest BCUT2D eigenvalue weighted by molar-refractivity contribution is 9.11. The van der Waals surface area contributed by atoms with Crippen molar-refractivity contribution in [3.63, 3.8) is 0 Å². The van der Waals surface area contributed by atoms with E-state index in [1.165, 1.54) is 0 Å². The van der Waals surface area contributed by atoms with Crippen LogP contribution in [0.25, 0.3) is 0 Å². The summed E-state index contributed by atoms with van der Waals surface area (Å²) in [6.07, 6.45) is 2.69. The number of hydrogen-bond acceptors (Lipinski definition) is 2. The molecule has 0 aromatic carbocycles. The van der Waals surface area contributed by atoms with Crippen molar-refractivity contribution in [3.8, 4) is 0 Å². The van der Waals surface area contributed by atoms with Crippen LogP contribution in [0.15, 0.2) is 15.7 Å². The van der Waals surface area contributed by atoms with E-state index in [2.05, 4.69) is 20.9 Å². The van der Waals surface area contributed by atoms with Crippen molar-refractivity contribution in [2.75, 3.05) is 6.54 Å². The minimum atomic E-state index is 0.575. The normalized spacial score (nSPS) is 18.2. The molecule has 0 aromatic heterocycles. The number of nitrogens with zero attached hydrogens (tertiary/aromatic N) is 1. The average Bonchev–Trinajstić information content (AvgIpc) is 2.14. The highest BCUT2D eigenvalue weighted by Crippen LogP contribution is 2.16. The molecule has 0 unspecified atom stereocenters. The molecule has 1 rings (SSSR count). The smallest absolute Gasteiger partial charge is 0.0373 e. The van der Waals surface area contributed by atoms with Gasteiger partial charge in [-0.3, -0.25) is 4.99 Å². The van der Waals surface area contributed by atoms with E-state index in [4.69, 9.17) is 5.73 Å². The lowest BCUT2D eigenvalue weighted by molar-refractivity contribution is 1.26. The molecule has 0 spiro atoms. The van der Waals surface area contributed by atoms with Gasteiger partial charge in [0.15, 0.2) is 0 Å². The SMILES string of the molecule is NCC1=NC=C(Br)C1. The minimum absolute atomic E-state index is 0.575. The van der Waals surface area contributed by atoms with Crippen molar-refractivity contribution in [2.24, 2.45) is 10.7 Å². The molecule has 3 heteroatoms. The topological polar surface area (TPSA) is 38.4 Å². The highest BCUT2D eigenvalue weighted by Gasteiger charge is 2.03. The molecule has 0 fully saturated rings. The Bertz CT molecular complexity index is 149. The van der Waals surface area contributed by atoms with Gasteiger partial charge in [0, 0.05) is 29.4 Å². The first-order valence-corrected chi connectivity index (χ1v) is 3.22. The third-order valence-corrected chi connectivity index (χ3v) is 1.48. The molecule has 0 radical (unpaired) electrons. The van der Waals surface area contributed by atoms with Crippen molar-refractivity contribution in [1.29, 1.82) is 0 Å². The molecular weight excluding hydrogens is 168 g/mol. The molecule has 2 nitrogen and oxygen atoms in total. The van der Waals surface area contributed by atoms with E-state index in [1.807, 2.05) is 0 Å². The predicted molar refractivity (Wildman–Crippen MR) is 38.1 cm³/mol. The van der Waals surface area contributed by atoms with Gasteiger partial charge in [0.1, 0.15) is 0 Å². The molecule has 1 aliphatic heterocycles. The van der Waals surface area contributed by atoms with E-state index in [-0.39, 0.29) is 0 Å². The first-order valence-electron chi connectivity index (χ1n) is 2.43. The van der Waals surface area contributed by atoms with Gasteiger partial charge in [-0.1, -0.05) is 15.9 Å². The molecule has 1 aliphatic rings. The number of halogens is 1. The summed E-state index contributed by atoms with van der Waals surface area (Å²) in [6, 6.07) is 0. The number of allylic oxidation sites excluding steroid dienone is 1. The van der Waals surface area contributed by atoms with Crippen LogP contribution < -0.4 is 5.73 Å². The van der Waals surface area contributed by atoms with Crippen LogP contribution in [0.4, 0.5) is 0 Å². The molecule has 2 N–H and O–H groups in total. The summed E-state index contributed by atoms with van der Waals surface area (Å²) in [5.41, 5.74) is 6.36. The van der Waals surface area contributed by atoms with Gasteiger partial charge in [0.25, 0.3) is 0 Å². The Labute approximate surface area is 56.6 Å². The van der Waals surface area contributed by atoms with E-state index < -0.39 is 0 Å². The molecule has 0 aliphatic carbocycles. The molecular formula is C5H7BrN2. The van der Waals surface area contributed by atoms with Crippen LogP contribution in [0.2, 0.25) is 0 Å². The van der Waals surface area contributed by atoms with E-state index >= 15 is 0 Å². The molecule has 0 saturated heterocycles. The van der Waals surface area contributed by atoms with Gasteiger partial charge >= 0.3 is 0 Å². The van der Waals surface area contributed by atoms with Gasteiger partial charge in [-0.15, -0.1) is 0 Å². The van der Waals surface area contributed by atoms with E-state index in [9.17, 15) is 0 Å². The van der Waals surface area contributed by atoms with Crippen LogP contribution in [0.1, 0.15) is 6.42 Å². The Kier molecular flexibility index (Phi) is 1.81. The summed E-state index contributed by atoms with van der Waals surface area (Å²) in [7, 11) is 0. The van der Waals surface area contributed by atoms with Gasteiger partial charge in [-0.05, 0) is 0 Å². The van der Waals surface area contributed by atoms with Crippen molar-refractivity contribution in [3.05, 3.63) is 10.7 Å². The second-order valence-corrected chi connectivity index (χ2v) is 2.67. The quantitative estimate of drug-likeness (QED) is 0.634. The zero-order valence-corrected chi connectivity index (χ0v) is 5.98. The Balaban J connectivity index is 2.49. The maximum atomic E-state index is 5.31. The van der Waals surface area contributed by atoms with Gasteiger partial charge in [-0.2, -0.15) is 0 Å². The lowest BCUT2D eigenvalue weighted by Crippen LogP contribution is -2.10. The number of hydrogen-bond donors (Lipinski definition) is 1. The Morgan fingerprint density at radius 1 is 1.88 bits per heavy atom. The van der Waals surface area contributed by atoms with E-state index in [1.54, 1.807) is 6.20 Å². The summed E-state index contributed by atoms with van der Waals surface area (Å²) in [5.74, 6) is 0. The van der Waals surface area contributed by atoms with Crippen molar-refractivity contribution >= 4 is 21.6 Å². The molecule has 0 atom stereocenters. The maximum absolute atomic E-state index is 5.31. The number of aliphatic imine (C=N–C) groups is 1. The Morgan fingerprint density at radius 2 is 2.62 bits per heavy atom. The second kappa shape index (κ2) is 2.42. The highest BCUT2D eigenvalue weighted by atomic mass is 79.9. The number of nitrogens with two attached hydrogens (primary N) is 1. The second-order valence-electron chi connectivity index (χ2n) is 1.65. The van der Waals surface area contributed by atoms with Gasteiger partial charge in [-0.25, -0.2) is 0 Å². The summed E-state index contributed by atoms with van der Waals surface area (Å²) in [4.78, 5) is 4.02. The molecule has 8 heavy (non-hydrogen) atoms. The molecule has 0 bridgehead atoms. The van der Waals surface area contributed by atoms with Crippen molar-refractivity contribution in [2.45, 2.75) is 6.42 Å². The van der Waals surface area contributed by atoms with Gasteiger partial charge in [0.2, 0.25) is 0 Å². The van der Waals surface area contributed by atoms with E-state index in [0.29, 0.717) is 6.54 Å². The van der Waals surface area contributed by atoms with Gasteiger partial charge < -0.3 is 5.73 Å². The summed E-state index contributed by atoms with van der Waals surface area (Å²) in [6.45, 7) is 0.575. The first kappa shape index (κ1) is 5.98. The molecule has 0 saturated carbocycles. The van der Waals surface area contributed by atoms with Crippen LogP contribution in [0.3, 0.4) is 0 Å². The zero-order chi connectivity index (χ0) is 5.98. The third kappa shape index (κ3) is 1.17. The van der Waals surface area contributed by atoms with Gasteiger partial charge in [0.05, 0.1) is 0 Å². The monoisotopic (exact) mass is 174 g/mol. The first-order chi connectivity index (χ1) is 3.83. The summed E-state index contributed by atoms with van der Waals surface area (Å²) < 4.78 is 1.12. The number of rotatable bonds is 1. The Morgan fingerprint density at radius 3 is 2.88 bits per heavy atom.